The van der Waals surface area contributed by atoms with E-state index in [9.17, 15) is 4.79 Å². The zero-order valence-corrected chi connectivity index (χ0v) is 20.2. The van der Waals surface area contributed by atoms with Crippen LogP contribution in [-0.2, 0) is 18.8 Å². The number of fused-ring (bicyclic) bond motifs is 3. The second-order valence-corrected chi connectivity index (χ2v) is 9.28. The van der Waals surface area contributed by atoms with Crippen molar-refractivity contribution >= 4 is 22.2 Å². The van der Waals surface area contributed by atoms with Gasteiger partial charge in [-0.25, -0.2) is 9.78 Å². The molecule has 0 saturated carbocycles. The first-order chi connectivity index (χ1) is 16.9. The lowest BCUT2D eigenvalue weighted by Crippen LogP contribution is -2.34. The molecule has 6 rings (SSSR count). The van der Waals surface area contributed by atoms with Crippen LogP contribution in [0.4, 0.5) is 0 Å². The molecule has 1 unspecified atom stereocenters. The number of hydrogen-bond donors (Lipinski definition) is 0. The summed E-state index contributed by atoms with van der Waals surface area (Å²) < 4.78 is 17.5. The minimum absolute atomic E-state index is 0.0510. The molecule has 5 aromatic rings. The predicted molar refractivity (Wildman–Crippen MR) is 131 cm³/mol. The molecular formula is C25H27N7O3. The van der Waals surface area contributed by atoms with E-state index in [1.54, 1.807) is 26.3 Å². The monoisotopic (exact) mass is 473 g/mol. The second-order valence-electron chi connectivity index (χ2n) is 9.28. The quantitative estimate of drug-likeness (QED) is 0.391. The van der Waals surface area contributed by atoms with E-state index in [4.69, 9.17) is 14.1 Å². The molecule has 10 heteroatoms. The highest BCUT2D eigenvalue weighted by atomic mass is 16.5. The zero-order valence-electron chi connectivity index (χ0n) is 20.2. The topological polar surface area (TPSA) is 106 Å². The molecule has 0 aromatic carbocycles. The van der Waals surface area contributed by atoms with Crippen LogP contribution in [0.15, 0.2) is 40.1 Å². The fraction of sp³-hybridized carbons (Fsp3) is 0.400. The van der Waals surface area contributed by atoms with Gasteiger partial charge < -0.3 is 9.15 Å². The fourth-order valence-electron chi connectivity index (χ4n) is 5.07. The van der Waals surface area contributed by atoms with Gasteiger partial charge in [0.25, 0.3) is 0 Å². The summed E-state index contributed by atoms with van der Waals surface area (Å²) in [5, 5.41) is 8.58. The third kappa shape index (κ3) is 3.56. The summed E-state index contributed by atoms with van der Waals surface area (Å²) in [4.78, 5) is 23.1. The van der Waals surface area contributed by atoms with Gasteiger partial charge in [0.05, 0.1) is 24.2 Å². The Morgan fingerprint density at radius 3 is 2.43 bits per heavy atom. The van der Waals surface area contributed by atoms with E-state index < -0.39 is 0 Å². The molecule has 6 heterocycles. The Morgan fingerprint density at radius 2 is 1.77 bits per heavy atom. The lowest BCUT2D eigenvalue weighted by Gasteiger charge is -2.30. The van der Waals surface area contributed by atoms with E-state index in [2.05, 4.69) is 22.1 Å². The van der Waals surface area contributed by atoms with E-state index in [0.29, 0.717) is 34.5 Å². The Bertz CT molecular complexity index is 1620. The van der Waals surface area contributed by atoms with Crippen LogP contribution in [0, 0.1) is 6.92 Å². The number of rotatable bonds is 4. The van der Waals surface area contributed by atoms with Crippen LogP contribution in [0.5, 0.6) is 0 Å². The van der Waals surface area contributed by atoms with Crippen LogP contribution in [-0.4, -0.2) is 46.8 Å². The van der Waals surface area contributed by atoms with Gasteiger partial charge >= 0.3 is 5.69 Å². The summed E-state index contributed by atoms with van der Waals surface area (Å²) >= 11 is 0. The first-order valence-electron chi connectivity index (χ1n) is 11.9. The molecule has 1 fully saturated rings. The molecule has 1 aliphatic heterocycles. The fourth-order valence-corrected chi connectivity index (χ4v) is 5.07. The number of hydrogen-bond acceptors (Lipinski definition) is 7. The Morgan fingerprint density at radius 1 is 1.06 bits per heavy atom. The molecule has 0 bridgehead atoms. The van der Waals surface area contributed by atoms with Crippen LogP contribution in [0.1, 0.15) is 37.8 Å². The SMILES string of the molecule is CC[C@H]1CC(n2c(=O)nc(-c3cnn(C)c3)c3oc4cc(C)c(-c5cnn(C)c5)nc4c32)CCO1. The molecule has 5 aromatic heterocycles. The molecular weight excluding hydrogens is 446 g/mol. The van der Waals surface area contributed by atoms with Gasteiger partial charge in [-0.15, -0.1) is 0 Å². The van der Waals surface area contributed by atoms with Crippen LogP contribution in [0.3, 0.4) is 0 Å². The van der Waals surface area contributed by atoms with Gasteiger partial charge in [-0.2, -0.15) is 15.2 Å². The predicted octanol–water partition coefficient (Wildman–Crippen LogP) is 3.78. The first-order valence-corrected chi connectivity index (χ1v) is 11.9. The summed E-state index contributed by atoms with van der Waals surface area (Å²) in [5.41, 5.74) is 6.06. The highest BCUT2D eigenvalue weighted by Gasteiger charge is 2.29. The molecule has 10 nitrogen and oxygen atoms in total. The van der Waals surface area contributed by atoms with Crippen molar-refractivity contribution in [2.24, 2.45) is 14.1 Å². The highest BCUT2D eigenvalue weighted by molar-refractivity contribution is 6.05. The molecule has 1 aliphatic rings. The van der Waals surface area contributed by atoms with Gasteiger partial charge in [0.15, 0.2) is 11.2 Å². The first kappa shape index (κ1) is 21.7. The lowest BCUT2D eigenvalue weighted by atomic mass is 10.0. The van der Waals surface area contributed by atoms with Crippen molar-refractivity contribution < 1.29 is 9.15 Å². The Labute approximate surface area is 201 Å². The largest absolute Gasteiger partial charge is 0.450 e. The van der Waals surface area contributed by atoms with Crippen molar-refractivity contribution in [3.05, 3.63) is 46.9 Å². The molecule has 0 amide bonds. The van der Waals surface area contributed by atoms with Crippen LogP contribution in [0.25, 0.3) is 44.7 Å². The van der Waals surface area contributed by atoms with Crippen LogP contribution in [0.2, 0.25) is 0 Å². The average Bonchev–Trinajstić information content (AvgIpc) is 3.56. The van der Waals surface area contributed by atoms with E-state index in [1.807, 2.05) is 39.5 Å². The second kappa shape index (κ2) is 8.16. The molecule has 0 spiro atoms. The van der Waals surface area contributed by atoms with Gasteiger partial charge in [-0.05, 0) is 37.8 Å². The number of ether oxygens (including phenoxy) is 1. The minimum Gasteiger partial charge on any atom is -0.450 e. The molecule has 35 heavy (non-hydrogen) atoms. The maximum Gasteiger partial charge on any atom is 0.349 e. The van der Waals surface area contributed by atoms with Crippen molar-refractivity contribution in [1.82, 2.24) is 34.1 Å². The van der Waals surface area contributed by atoms with Gasteiger partial charge in [-0.1, -0.05) is 6.92 Å². The molecule has 1 saturated heterocycles. The Hall–Kier alpha value is -3.79. The third-order valence-corrected chi connectivity index (χ3v) is 6.82. The summed E-state index contributed by atoms with van der Waals surface area (Å²) in [7, 11) is 3.71. The molecule has 0 aliphatic carbocycles. The molecule has 0 radical (unpaired) electrons. The van der Waals surface area contributed by atoms with Crippen LogP contribution < -0.4 is 5.69 Å². The number of aryl methyl sites for hydroxylation is 3. The molecule has 180 valence electrons. The standard InChI is InChI=1S/C25H27N7O3/c1-5-18-9-17(6-7-34-18)32-23-22-19(8-14(2)20(28-22)15-10-26-30(3)12-15)35-24(23)21(29-25(32)33)16-11-27-31(4)13-16/h8,10-13,17-18H,5-7,9H2,1-4H3/t17?,18-/m0/s1. The van der Waals surface area contributed by atoms with E-state index >= 15 is 0 Å². The van der Waals surface area contributed by atoms with Gasteiger partial charge in [0.1, 0.15) is 16.7 Å². The van der Waals surface area contributed by atoms with Gasteiger partial charge in [0.2, 0.25) is 0 Å². The van der Waals surface area contributed by atoms with Crippen molar-refractivity contribution in [2.45, 2.75) is 45.3 Å². The van der Waals surface area contributed by atoms with Gasteiger partial charge in [0, 0.05) is 50.3 Å². The van der Waals surface area contributed by atoms with Gasteiger partial charge in [-0.3, -0.25) is 13.9 Å². The van der Waals surface area contributed by atoms with E-state index in [1.165, 1.54) is 0 Å². The van der Waals surface area contributed by atoms with E-state index in [-0.39, 0.29) is 17.8 Å². The maximum absolute atomic E-state index is 13.6. The third-order valence-electron chi connectivity index (χ3n) is 6.82. The smallest absolute Gasteiger partial charge is 0.349 e. The van der Waals surface area contributed by atoms with Crippen molar-refractivity contribution in [1.29, 1.82) is 0 Å². The Kier molecular flexibility index (Phi) is 5.06. The zero-order chi connectivity index (χ0) is 24.3. The number of furan rings is 1. The summed E-state index contributed by atoms with van der Waals surface area (Å²) in [6.07, 6.45) is 9.73. The minimum atomic E-state index is -0.314. The summed E-state index contributed by atoms with van der Waals surface area (Å²) in [6, 6.07) is 1.93. The normalized spacial score (nSPS) is 18.6. The lowest BCUT2D eigenvalue weighted by molar-refractivity contribution is -0.00710. The summed E-state index contributed by atoms with van der Waals surface area (Å²) in [6.45, 7) is 4.71. The number of aromatic nitrogens is 7. The maximum atomic E-state index is 13.6. The van der Waals surface area contributed by atoms with Crippen LogP contribution >= 0.6 is 0 Å². The van der Waals surface area contributed by atoms with Crippen molar-refractivity contribution in [3.8, 4) is 22.5 Å². The molecule has 0 N–H and O–H groups in total. The summed E-state index contributed by atoms with van der Waals surface area (Å²) in [5.74, 6) is 0. The number of pyridine rings is 1. The van der Waals surface area contributed by atoms with Crippen molar-refractivity contribution in [3.63, 3.8) is 0 Å². The number of nitrogens with zero attached hydrogens (tertiary/aromatic N) is 7. The Balaban J connectivity index is 1.68. The molecule has 2 atom stereocenters. The highest BCUT2D eigenvalue weighted by Crippen LogP contribution is 2.38. The van der Waals surface area contributed by atoms with Crippen molar-refractivity contribution in [2.75, 3.05) is 6.61 Å². The van der Waals surface area contributed by atoms with E-state index in [0.717, 1.165) is 41.6 Å². The average molecular weight is 474 g/mol.